The maximum absolute atomic E-state index is 12.0. The van der Waals surface area contributed by atoms with Crippen LogP contribution in [0.25, 0.3) is 0 Å². The molecule has 0 N–H and O–H groups in total. The van der Waals surface area contributed by atoms with Crippen LogP contribution in [-0.2, 0) is 11.2 Å². The lowest BCUT2D eigenvalue weighted by Crippen LogP contribution is -2.44. The molecule has 27 heavy (non-hydrogen) atoms. The molecule has 5 heteroatoms. The molecule has 2 rings (SSSR count). The number of carbonyl (C=O) groups excluding carboxylic acids is 1. The number of benzene rings is 1. The zero-order valence-corrected chi connectivity index (χ0v) is 17.6. The molecule has 1 fully saturated rings. The second-order valence-corrected chi connectivity index (χ2v) is 7.85. The van der Waals surface area contributed by atoms with Crippen LogP contribution >= 0.6 is 0 Å². The largest absolute Gasteiger partial charge is 0.497 e. The molecule has 0 saturated carbocycles. The maximum Gasteiger partial charge on any atom is 0.410 e. The van der Waals surface area contributed by atoms with E-state index < -0.39 is 0 Å². The van der Waals surface area contributed by atoms with Gasteiger partial charge in [-0.15, -0.1) is 0 Å². The lowest BCUT2D eigenvalue weighted by molar-refractivity contribution is 0.0600. The first kappa shape index (κ1) is 21.5. The summed E-state index contributed by atoms with van der Waals surface area (Å²) < 4.78 is 10.6. The van der Waals surface area contributed by atoms with Crippen molar-refractivity contribution in [2.24, 2.45) is 5.92 Å². The first-order valence-electron chi connectivity index (χ1n) is 10.3. The molecule has 152 valence electrons. The number of methoxy groups -OCH3 is 1. The molecule has 0 bridgehead atoms. The number of ether oxygens (including phenoxy) is 2. The van der Waals surface area contributed by atoms with E-state index in [4.69, 9.17) is 9.47 Å². The normalized spacial score (nSPS) is 16.6. The summed E-state index contributed by atoms with van der Waals surface area (Å²) in [6, 6.07) is 8.87. The molecule has 0 aliphatic carbocycles. The van der Waals surface area contributed by atoms with Crippen molar-refractivity contribution in [1.82, 2.24) is 9.80 Å². The van der Waals surface area contributed by atoms with E-state index in [9.17, 15) is 4.79 Å². The van der Waals surface area contributed by atoms with Gasteiger partial charge in [-0.3, -0.25) is 0 Å². The van der Waals surface area contributed by atoms with E-state index in [0.29, 0.717) is 12.0 Å². The fourth-order valence-electron chi connectivity index (χ4n) is 3.76. The van der Waals surface area contributed by atoms with Crippen molar-refractivity contribution in [3.8, 4) is 5.75 Å². The van der Waals surface area contributed by atoms with Gasteiger partial charge in [0.2, 0.25) is 0 Å². The van der Waals surface area contributed by atoms with Crippen LogP contribution in [0.5, 0.6) is 5.75 Å². The Labute approximate surface area is 164 Å². The third-order valence-corrected chi connectivity index (χ3v) is 5.42. The molecular formula is C22H36N2O3. The summed E-state index contributed by atoms with van der Waals surface area (Å²) in [4.78, 5) is 16.5. The van der Waals surface area contributed by atoms with Crippen molar-refractivity contribution >= 4 is 6.09 Å². The molecule has 1 aromatic rings. The number of hydrogen-bond acceptors (Lipinski definition) is 4. The van der Waals surface area contributed by atoms with E-state index in [1.165, 1.54) is 5.56 Å². The van der Waals surface area contributed by atoms with Crippen LogP contribution in [0.2, 0.25) is 0 Å². The van der Waals surface area contributed by atoms with Crippen molar-refractivity contribution in [2.75, 3.05) is 33.3 Å². The summed E-state index contributed by atoms with van der Waals surface area (Å²) in [5, 5.41) is 0. The molecule has 1 aliphatic rings. The quantitative estimate of drug-likeness (QED) is 0.682. The molecule has 1 saturated heterocycles. The Morgan fingerprint density at radius 3 is 2.33 bits per heavy atom. The van der Waals surface area contributed by atoms with E-state index in [1.807, 2.05) is 30.9 Å². The zero-order chi connectivity index (χ0) is 19.8. The predicted octanol–water partition coefficient (Wildman–Crippen LogP) is 4.21. The fourth-order valence-corrected chi connectivity index (χ4v) is 3.76. The number of likely N-dealkylation sites (N-methyl/N-ethyl adjacent to an activating group) is 1. The highest BCUT2D eigenvalue weighted by Gasteiger charge is 2.26. The van der Waals surface area contributed by atoms with Gasteiger partial charge in [-0.1, -0.05) is 19.1 Å². The molecule has 0 radical (unpaired) electrons. The first-order valence-corrected chi connectivity index (χ1v) is 10.3. The van der Waals surface area contributed by atoms with Gasteiger partial charge in [0, 0.05) is 25.7 Å². The molecular weight excluding hydrogens is 340 g/mol. The summed E-state index contributed by atoms with van der Waals surface area (Å²) >= 11 is 0. The Morgan fingerprint density at radius 2 is 1.81 bits per heavy atom. The van der Waals surface area contributed by atoms with Gasteiger partial charge in [-0.05, 0) is 70.2 Å². The Balaban J connectivity index is 1.81. The van der Waals surface area contributed by atoms with E-state index in [2.05, 4.69) is 30.9 Å². The SMILES string of the molecule is CCN(CC1CCN(C(=O)OC(C)C)CC1)C(C)Cc1ccc(OC)cc1. The average Bonchev–Trinajstić information content (AvgIpc) is 2.66. The molecule has 1 aliphatic heterocycles. The molecule has 1 aromatic carbocycles. The third-order valence-electron chi connectivity index (χ3n) is 5.42. The molecule has 0 aromatic heterocycles. The highest BCUT2D eigenvalue weighted by Crippen LogP contribution is 2.21. The lowest BCUT2D eigenvalue weighted by atomic mass is 9.95. The first-order chi connectivity index (χ1) is 12.9. The standard InChI is InChI=1S/C22H36N2O3/c1-6-23(18(4)15-19-7-9-21(26-5)10-8-19)16-20-11-13-24(14-12-20)22(25)27-17(2)3/h7-10,17-18,20H,6,11-16H2,1-5H3. The average molecular weight is 377 g/mol. The predicted molar refractivity (Wildman–Crippen MR) is 109 cm³/mol. The summed E-state index contributed by atoms with van der Waals surface area (Å²) in [7, 11) is 1.70. The van der Waals surface area contributed by atoms with Crippen LogP contribution in [0, 0.1) is 5.92 Å². The Kier molecular flexibility index (Phi) is 8.42. The summed E-state index contributed by atoms with van der Waals surface area (Å²) in [6.07, 6.45) is 2.93. The van der Waals surface area contributed by atoms with Crippen LogP contribution in [0.4, 0.5) is 4.79 Å². The van der Waals surface area contributed by atoms with Gasteiger partial charge in [-0.25, -0.2) is 4.79 Å². The van der Waals surface area contributed by atoms with Gasteiger partial charge in [0.1, 0.15) is 5.75 Å². The van der Waals surface area contributed by atoms with E-state index in [0.717, 1.165) is 51.2 Å². The van der Waals surface area contributed by atoms with Gasteiger partial charge in [0.05, 0.1) is 13.2 Å². The van der Waals surface area contributed by atoms with Crippen LogP contribution in [-0.4, -0.2) is 61.3 Å². The highest BCUT2D eigenvalue weighted by atomic mass is 16.6. The number of nitrogens with zero attached hydrogens (tertiary/aromatic N) is 2. The molecule has 1 atom stereocenters. The number of hydrogen-bond donors (Lipinski definition) is 0. The third kappa shape index (κ3) is 6.73. The van der Waals surface area contributed by atoms with Gasteiger partial charge < -0.3 is 19.3 Å². The Morgan fingerprint density at radius 1 is 1.19 bits per heavy atom. The number of carbonyl (C=O) groups is 1. The summed E-state index contributed by atoms with van der Waals surface area (Å²) in [5.74, 6) is 1.55. The fraction of sp³-hybridized carbons (Fsp3) is 0.682. The summed E-state index contributed by atoms with van der Waals surface area (Å²) in [6.45, 7) is 12.1. The Hall–Kier alpha value is -1.75. The number of rotatable bonds is 8. The maximum atomic E-state index is 12.0. The van der Waals surface area contributed by atoms with Crippen molar-refractivity contribution in [3.05, 3.63) is 29.8 Å². The number of amides is 1. The van der Waals surface area contributed by atoms with Gasteiger partial charge in [0.25, 0.3) is 0 Å². The number of piperidine rings is 1. The second kappa shape index (κ2) is 10.5. The topological polar surface area (TPSA) is 42.0 Å². The Bertz CT molecular complexity index is 565. The van der Waals surface area contributed by atoms with Crippen molar-refractivity contribution in [2.45, 2.75) is 59.1 Å². The minimum Gasteiger partial charge on any atom is -0.497 e. The van der Waals surface area contributed by atoms with Gasteiger partial charge >= 0.3 is 6.09 Å². The van der Waals surface area contributed by atoms with Crippen LogP contribution < -0.4 is 4.74 Å². The van der Waals surface area contributed by atoms with Crippen LogP contribution in [0.3, 0.4) is 0 Å². The van der Waals surface area contributed by atoms with Gasteiger partial charge in [0.15, 0.2) is 0 Å². The van der Waals surface area contributed by atoms with E-state index in [1.54, 1.807) is 7.11 Å². The molecule has 0 spiro atoms. The summed E-state index contributed by atoms with van der Waals surface area (Å²) in [5.41, 5.74) is 1.34. The lowest BCUT2D eigenvalue weighted by Gasteiger charge is -2.36. The molecule has 5 nitrogen and oxygen atoms in total. The van der Waals surface area contributed by atoms with Crippen molar-refractivity contribution in [1.29, 1.82) is 0 Å². The monoisotopic (exact) mass is 376 g/mol. The molecule has 1 amide bonds. The molecule has 1 unspecified atom stereocenters. The number of likely N-dealkylation sites (tertiary alicyclic amines) is 1. The smallest absolute Gasteiger partial charge is 0.410 e. The second-order valence-electron chi connectivity index (χ2n) is 7.85. The van der Waals surface area contributed by atoms with Crippen molar-refractivity contribution in [3.63, 3.8) is 0 Å². The zero-order valence-electron chi connectivity index (χ0n) is 17.6. The van der Waals surface area contributed by atoms with E-state index >= 15 is 0 Å². The van der Waals surface area contributed by atoms with Crippen LogP contribution in [0.15, 0.2) is 24.3 Å². The van der Waals surface area contributed by atoms with E-state index in [-0.39, 0.29) is 12.2 Å². The minimum absolute atomic E-state index is 0.0513. The van der Waals surface area contributed by atoms with Crippen molar-refractivity contribution < 1.29 is 14.3 Å². The van der Waals surface area contributed by atoms with Crippen LogP contribution in [0.1, 0.15) is 46.1 Å². The molecule has 1 heterocycles. The highest BCUT2D eigenvalue weighted by molar-refractivity contribution is 5.67. The minimum atomic E-state index is -0.163. The van der Waals surface area contributed by atoms with Gasteiger partial charge in [-0.2, -0.15) is 0 Å².